The van der Waals surface area contributed by atoms with Crippen molar-refractivity contribution in [2.24, 2.45) is 5.41 Å². The van der Waals surface area contributed by atoms with Crippen molar-refractivity contribution in [3.63, 3.8) is 0 Å². The van der Waals surface area contributed by atoms with Crippen LogP contribution >= 0.6 is 15.9 Å². The fraction of sp³-hybridized carbons (Fsp3) is 0.357. The van der Waals surface area contributed by atoms with Gasteiger partial charge in [0.05, 0.1) is 16.5 Å². The molecule has 0 aromatic heterocycles. The number of hydrogen-bond donors (Lipinski definition) is 1. The first-order chi connectivity index (χ1) is 9.44. The molecule has 3 rings (SSSR count). The third kappa shape index (κ3) is 1.78. The minimum atomic E-state index is -0.954. The molecule has 1 saturated carbocycles. The topological polar surface area (TPSA) is 74.7 Å². The lowest BCUT2D eigenvalue weighted by Crippen LogP contribution is -2.49. The number of carboxylic acids is 1. The van der Waals surface area contributed by atoms with Crippen molar-refractivity contribution in [1.29, 1.82) is 0 Å². The van der Waals surface area contributed by atoms with E-state index in [1.165, 1.54) is 0 Å². The number of carbonyl (C=O) groups is 3. The average molecular weight is 338 g/mol. The van der Waals surface area contributed by atoms with Crippen LogP contribution in [0.2, 0.25) is 0 Å². The number of aliphatic carboxylic acids is 1. The Morgan fingerprint density at radius 1 is 1.25 bits per heavy atom. The third-order valence-corrected chi connectivity index (χ3v) is 4.65. The van der Waals surface area contributed by atoms with Gasteiger partial charge < -0.3 is 5.11 Å². The predicted molar refractivity (Wildman–Crippen MR) is 73.4 cm³/mol. The zero-order valence-electron chi connectivity index (χ0n) is 10.6. The van der Waals surface area contributed by atoms with Crippen molar-refractivity contribution >= 4 is 33.7 Å². The third-order valence-electron chi connectivity index (χ3n) is 4.16. The van der Waals surface area contributed by atoms with E-state index in [4.69, 9.17) is 0 Å². The predicted octanol–water partition coefficient (Wildman–Crippen LogP) is 2.30. The Balaban J connectivity index is 1.92. The molecule has 1 aromatic rings. The monoisotopic (exact) mass is 337 g/mol. The molecule has 2 amide bonds. The van der Waals surface area contributed by atoms with Gasteiger partial charge in [0.25, 0.3) is 11.8 Å². The van der Waals surface area contributed by atoms with E-state index in [9.17, 15) is 19.5 Å². The Morgan fingerprint density at radius 2 is 1.90 bits per heavy atom. The highest BCUT2D eigenvalue weighted by molar-refractivity contribution is 9.10. The highest BCUT2D eigenvalue weighted by Gasteiger charge is 2.49. The van der Waals surface area contributed by atoms with Crippen molar-refractivity contribution in [2.75, 3.05) is 6.54 Å². The van der Waals surface area contributed by atoms with Crippen molar-refractivity contribution < 1.29 is 19.5 Å². The molecule has 1 aromatic carbocycles. The van der Waals surface area contributed by atoms with Gasteiger partial charge in [0.1, 0.15) is 0 Å². The van der Waals surface area contributed by atoms with Gasteiger partial charge in [-0.05, 0) is 31.0 Å². The fourth-order valence-electron chi connectivity index (χ4n) is 2.75. The number of amides is 2. The zero-order valence-corrected chi connectivity index (χ0v) is 12.1. The summed E-state index contributed by atoms with van der Waals surface area (Å²) in [7, 11) is 0. The molecule has 0 spiro atoms. The molecule has 0 radical (unpaired) electrons. The molecular formula is C14H12BrNO4. The molecule has 1 fully saturated rings. The number of carboxylic acid groups (broad SMARTS) is 1. The van der Waals surface area contributed by atoms with Crippen LogP contribution in [-0.4, -0.2) is 34.3 Å². The minimum Gasteiger partial charge on any atom is -0.481 e. The maximum atomic E-state index is 12.3. The number of imide groups is 1. The summed E-state index contributed by atoms with van der Waals surface area (Å²) in [6, 6.07) is 4.89. The van der Waals surface area contributed by atoms with Crippen molar-refractivity contribution in [3.05, 3.63) is 33.8 Å². The van der Waals surface area contributed by atoms with Crippen LogP contribution in [0.25, 0.3) is 0 Å². The molecule has 20 heavy (non-hydrogen) atoms. The smallest absolute Gasteiger partial charge is 0.311 e. The molecular weight excluding hydrogens is 326 g/mol. The van der Waals surface area contributed by atoms with Gasteiger partial charge in [0.15, 0.2) is 0 Å². The van der Waals surface area contributed by atoms with E-state index in [-0.39, 0.29) is 6.54 Å². The number of hydrogen-bond acceptors (Lipinski definition) is 3. The molecule has 0 unspecified atom stereocenters. The van der Waals surface area contributed by atoms with Gasteiger partial charge >= 0.3 is 5.97 Å². The van der Waals surface area contributed by atoms with E-state index in [2.05, 4.69) is 15.9 Å². The first-order valence-corrected chi connectivity index (χ1v) is 7.13. The molecule has 1 aliphatic carbocycles. The van der Waals surface area contributed by atoms with Crippen LogP contribution in [0.4, 0.5) is 0 Å². The number of halogens is 1. The van der Waals surface area contributed by atoms with Gasteiger partial charge in [0.2, 0.25) is 0 Å². The Hall–Kier alpha value is -1.69. The maximum absolute atomic E-state index is 12.3. The van der Waals surface area contributed by atoms with Gasteiger partial charge in [-0.25, -0.2) is 0 Å². The molecule has 0 saturated heterocycles. The normalized spacial score (nSPS) is 19.8. The van der Waals surface area contributed by atoms with Gasteiger partial charge in [0, 0.05) is 11.0 Å². The molecule has 1 heterocycles. The van der Waals surface area contributed by atoms with E-state index in [1.807, 2.05) is 0 Å². The number of fused-ring (bicyclic) bond motifs is 1. The Kier molecular flexibility index (Phi) is 2.93. The molecule has 5 nitrogen and oxygen atoms in total. The van der Waals surface area contributed by atoms with E-state index >= 15 is 0 Å². The zero-order chi connectivity index (χ0) is 14.5. The van der Waals surface area contributed by atoms with Crippen LogP contribution in [0.5, 0.6) is 0 Å². The Bertz CT molecular complexity index is 636. The summed E-state index contributed by atoms with van der Waals surface area (Å²) >= 11 is 3.27. The first kappa shape index (κ1) is 13.3. The van der Waals surface area contributed by atoms with Crippen LogP contribution < -0.4 is 0 Å². The molecule has 1 N–H and O–H groups in total. The summed E-state index contributed by atoms with van der Waals surface area (Å²) in [4.78, 5) is 37.0. The molecule has 0 atom stereocenters. The number of nitrogens with zero attached hydrogens (tertiary/aromatic N) is 1. The van der Waals surface area contributed by atoms with E-state index < -0.39 is 23.2 Å². The lowest BCUT2D eigenvalue weighted by Gasteiger charge is -2.39. The van der Waals surface area contributed by atoms with E-state index in [0.29, 0.717) is 24.0 Å². The van der Waals surface area contributed by atoms with Crippen LogP contribution in [0.1, 0.15) is 40.0 Å². The van der Waals surface area contributed by atoms with E-state index in [0.717, 1.165) is 15.8 Å². The highest BCUT2D eigenvalue weighted by atomic mass is 79.9. The number of rotatable bonds is 3. The van der Waals surface area contributed by atoms with Crippen molar-refractivity contribution in [3.8, 4) is 0 Å². The summed E-state index contributed by atoms with van der Waals surface area (Å²) in [5, 5.41) is 9.32. The molecule has 104 valence electrons. The number of carbonyl (C=O) groups excluding carboxylic acids is 2. The summed E-state index contributed by atoms with van der Waals surface area (Å²) in [6.45, 7) is -0.0354. The molecule has 6 heteroatoms. The van der Waals surface area contributed by atoms with Crippen LogP contribution in [0.15, 0.2) is 22.7 Å². The quantitative estimate of drug-likeness (QED) is 0.858. The molecule has 1 aliphatic heterocycles. The second-order valence-electron chi connectivity index (χ2n) is 5.33. The number of benzene rings is 1. The first-order valence-electron chi connectivity index (χ1n) is 6.34. The van der Waals surface area contributed by atoms with Crippen molar-refractivity contribution in [1.82, 2.24) is 4.90 Å². The molecule has 2 aliphatic rings. The SMILES string of the molecule is O=C1c2ccc(Br)cc2C(=O)N1CC1(C(=O)O)CCC1. The summed E-state index contributed by atoms with van der Waals surface area (Å²) in [6.07, 6.45) is 1.85. The van der Waals surface area contributed by atoms with Crippen LogP contribution in [0, 0.1) is 5.41 Å². The lowest BCUT2D eigenvalue weighted by atomic mass is 9.68. The summed E-state index contributed by atoms with van der Waals surface area (Å²) in [5.74, 6) is -1.73. The second-order valence-corrected chi connectivity index (χ2v) is 6.24. The van der Waals surface area contributed by atoms with Crippen LogP contribution in [0.3, 0.4) is 0 Å². The van der Waals surface area contributed by atoms with Gasteiger partial charge in [-0.3, -0.25) is 19.3 Å². The fourth-order valence-corrected chi connectivity index (χ4v) is 3.11. The van der Waals surface area contributed by atoms with Crippen LogP contribution in [-0.2, 0) is 4.79 Å². The summed E-state index contributed by atoms with van der Waals surface area (Å²) in [5.41, 5.74) is -0.271. The maximum Gasteiger partial charge on any atom is 0.311 e. The minimum absolute atomic E-state index is 0.0354. The second kappa shape index (κ2) is 4.41. The molecule has 0 bridgehead atoms. The lowest BCUT2D eigenvalue weighted by molar-refractivity contribution is -0.155. The van der Waals surface area contributed by atoms with E-state index in [1.54, 1.807) is 18.2 Å². The largest absolute Gasteiger partial charge is 0.481 e. The summed E-state index contributed by atoms with van der Waals surface area (Å²) < 4.78 is 0.718. The standard InChI is InChI=1S/C14H12BrNO4/c15-8-2-3-9-10(6-8)12(18)16(11(9)17)7-14(13(19)20)4-1-5-14/h2-3,6H,1,4-5,7H2,(H,19,20). The van der Waals surface area contributed by atoms with Crippen molar-refractivity contribution in [2.45, 2.75) is 19.3 Å². The van der Waals surface area contributed by atoms with Gasteiger partial charge in [-0.2, -0.15) is 0 Å². The van der Waals surface area contributed by atoms with Gasteiger partial charge in [-0.1, -0.05) is 22.4 Å². The Morgan fingerprint density at radius 3 is 2.45 bits per heavy atom. The average Bonchev–Trinajstić information content (AvgIpc) is 2.57. The highest BCUT2D eigenvalue weighted by Crippen LogP contribution is 2.43. The van der Waals surface area contributed by atoms with Gasteiger partial charge in [-0.15, -0.1) is 0 Å². The Labute approximate surface area is 123 Å².